The molecule has 0 aliphatic heterocycles. The summed E-state index contributed by atoms with van der Waals surface area (Å²) in [5, 5.41) is 3.13. The first-order valence-corrected chi connectivity index (χ1v) is 7.71. The van der Waals surface area contributed by atoms with E-state index in [9.17, 15) is 13.2 Å². The molecule has 0 atom stereocenters. The van der Waals surface area contributed by atoms with Crippen LogP contribution in [0.4, 0.5) is 19.0 Å². The van der Waals surface area contributed by atoms with E-state index in [2.05, 4.69) is 31.2 Å². The highest BCUT2D eigenvalue weighted by Crippen LogP contribution is 2.33. The van der Waals surface area contributed by atoms with Crippen LogP contribution < -0.4 is 5.32 Å². The first-order valence-electron chi connectivity index (χ1n) is 6.92. The molecule has 3 nitrogen and oxygen atoms in total. The largest absolute Gasteiger partial charge is 0.389 e. The Bertz CT molecular complexity index is 482. The Hall–Kier alpha value is -0.850. The van der Waals surface area contributed by atoms with Crippen molar-refractivity contribution < 1.29 is 13.2 Å². The smallest absolute Gasteiger partial charge is 0.369 e. The van der Waals surface area contributed by atoms with Crippen molar-refractivity contribution >= 4 is 21.7 Å². The Kier molecular flexibility index (Phi) is 6.01. The number of aromatic nitrogens is 2. The van der Waals surface area contributed by atoms with E-state index in [-0.39, 0.29) is 17.7 Å². The number of nitrogens with zero attached hydrogens (tertiary/aromatic N) is 2. The van der Waals surface area contributed by atoms with Gasteiger partial charge in [0, 0.05) is 18.4 Å². The molecule has 1 aromatic heterocycles. The molecule has 0 amide bonds. The van der Waals surface area contributed by atoms with Gasteiger partial charge in [-0.05, 0) is 22.4 Å². The second-order valence-corrected chi connectivity index (χ2v) is 6.74. The molecule has 0 saturated carbocycles. The molecule has 0 bridgehead atoms. The fraction of sp³-hybridized carbons (Fsp3) is 0.714. The molecule has 1 rings (SSSR count). The molecule has 0 aliphatic rings. The van der Waals surface area contributed by atoms with Gasteiger partial charge in [-0.2, -0.15) is 13.2 Å². The first kappa shape index (κ1) is 18.2. The number of rotatable bonds is 5. The van der Waals surface area contributed by atoms with Crippen LogP contribution in [0, 0.1) is 0 Å². The summed E-state index contributed by atoms with van der Waals surface area (Å²) in [6.45, 7) is 8.63. The average Bonchev–Trinajstić information content (AvgIpc) is 2.33. The number of alkyl halides is 3. The number of nitrogens with one attached hydrogen (secondary N) is 1. The van der Waals surface area contributed by atoms with Gasteiger partial charge < -0.3 is 5.32 Å². The number of halogens is 4. The highest BCUT2D eigenvalue weighted by Gasteiger charge is 2.28. The molecule has 0 fully saturated rings. The van der Waals surface area contributed by atoms with Crippen molar-refractivity contribution in [2.75, 3.05) is 11.9 Å². The predicted octanol–water partition coefficient (Wildman–Crippen LogP) is 4.85. The maximum Gasteiger partial charge on any atom is 0.389 e. The van der Waals surface area contributed by atoms with Gasteiger partial charge in [-0.3, -0.25) is 0 Å². The van der Waals surface area contributed by atoms with Crippen LogP contribution in [-0.4, -0.2) is 22.7 Å². The van der Waals surface area contributed by atoms with E-state index < -0.39 is 12.6 Å². The van der Waals surface area contributed by atoms with Crippen LogP contribution in [0.25, 0.3) is 0 Å². The lowest BCUT2D eigenvalue weighted by atomic mass is 9.91. The molecule has 1 N–H and O–H groups in total. The summed E-state index contributed by atoms with van der Waals surface area (Å²) in [5.74, 6) is 0.785. The first-order chi connectivity index (χ1) is 9.54. The summed E-state index contributed by atoms with van der Waals surface area (Å²) < 4.78 is 37.9. The fourth-order valence-electron chi connectivity index (χ4n) is 1.72. The quantitative estimate of drug-likeness (QED) is 0.807. The van der Waals surface area contributed by atoms with Crippen LogP contribution in [0.1, 0.15) is 52.1 Å². The van der Waals surface area contributed by atoms with Crippen LogP contribution in [0.3, 0.4) is 0 Å². The van der Waals surface area contributed by atoms with E-state index >= 15 is 0 Å². The molecule has 1 heterocycles. The molecule has 0 unspecified atom stereocenters. The van der Waals surface area contributed by atoms with E-state index in [0.29, 0.717) is 18.1 Å². The lowest BCUT2D eigenvalue weighted by Gasteiger charge is -2.22. The summed E-state index contributed by atoms with van der Waals surface area (Å²) >= 11 is 3.46. The topological polar surface area (TPSA) is 37.8 Å². The Balaban J connectivity index is 3.13. The molecule has 0 spiro atoms. The monoisotopic (exact) mass is 367 g/mol. The van der Waals surface area contributed by atoms with Crippen LogP contribution in [-0.2, 0) is 11.8 Å². The lowest BCUT2D eigenvalue weighted by molar-refractivity contribution is -0.134. The number of aryl methyl sites for hydroxylation is 1. The standard InChI is InChI=1S/C14H21BrF3N3/c1-5-8-19-12-10(15)11(13(2,3)4)20-9(21-12)6-7-14(16,17)18/h5-8H2,1-4H3,(H,19,20,21). The fourth-order valence-corrected chi connectivity index (χ4v) is 2.63. The minimum atomic E-state index is -4.20. The van der Waals surface area contributed by atoms with Crippen molar-refractivity contribution in [2.24, 2.45) is 0 Å². The summed E-state index contributed by atoms with van der Waals surface area (Å²) in [6, 6.07) is 0. The molecule has 0 saturated heterocycles. The maximum atomic E-state index is 12.4. The van der Waals surface area contributed by atoms with Crippen LogP contribution >= 0.6 is 15.9 Å². The Labute approximate surface area is 131 Å². The highest BCUT2D eigenvalue weighted by atomic mass is 79.9. The summed E-state index contributed by atoms with van der Waals surface area (Å²) in [7, 11) is 0. The average molecular weight is 368 g/mol. The van der Waals surface area contributed by atoms with Gasteiger partial charge in [0.05, 0.1) is 16.6 Å². The number of hydrogen-bond donors (Lipinski definition) is 1. The molecular weight excluding hydrogens is 347 g/mol. The van der Waals surface area contributed by atoms with Crippen LogP contribution in [0.2, 0.25) is 0 Å². The molecule has 7 heteroatoms. The Morgan fingerprint density at radius 1 is 1.14 bits per heavy atom. The second kappa shape index (κ2) is 6.94. The van der Waals surface area contributed by atoms with E-state index in [1.165, 1.54) is 0 Å². The summed E-state index contributed by atoms with van der Waals surface area (Å²) in [6.07, 6.45) is -4.42. The van der Waals surface area contributed by atoms with E-state index in [1.807, 2.05) is 27.7 Å². The Morgan fingerprint density at radius 3 is 2.24 bits per heavy atom. The summed E-state index contributed by atoms with van der Waals surface area (Å²) in [5.41, 5.74) is 0.436. The van der Waals surface area contributed by atoms with Crippen molar-refractivity contribution in [3.8, 4) is 0 Å². The van der Waals surface area contributed by atoms with Crippen LogP contribution in [0.5, 0.6) is 0 Å². The van der Waals surface area contributed by atoms with E-state index in [0.717, 1.165) is 10.9 Å². The van der Waals surface area contributed by atoms with Gasteiger partial charge in [0.25, 0.3) is 0 Å². The van der Waals surface area contributed by atoms with Gasteiger partial charge in [-0.1, -0.05) is 27.7 Å². The van der Waals surface area contributed by atoms with Crippen LogP contribution in [0.15, 0.2) is 4.47 Å². The van der Waals surface area contributed by atoms with E-state index in [1.54, 1.807) is 0 Å². The zero-order chi connectivity index (χ0) is 16.3. The molecule has 0 aliphatic carbocycles. The van der Waals surface area contributed by atoms with Gasteiger partial charge in [-0.25, -0.2) is 9.97 Å². The van der Waals surface area contributed by atoms with E-state index in [4.69, 9.17) is 0 Å². The zero-order valence-corrected chi connectivity index (χ0v) is 14.3. The minimum absolute atomic E-state index is 0.208. The Morgan fingerprint density at radius 2 is 1.76 bits per heavy atom. The highest BCUT2D eigenvalue weighted by molar-refractivity contribution is 9.10. The number of hydrogen-bond acceptors (Lipinski definition) is 3. The summed E-state index contributed by atoms with van der Waals surface area (Å²) in [4.78, 5) is 8.54. The molecule has 1 aromatic rings. The minimum Gasteiger partial charge on any atom is -0.369 e. The third-order valence-electron chi connectivity index (χ3n) is 2.78. The molecule has 0 radical (unpaired) electrons. The van der Waals surface area contributed by atoms with Crippen molar-refractivity contribution in [1.29, 1.82) is 0 Å². The van der Waals surface area contributed by atoms with Crippen molar-refractivity contribution in [1.82, 2.24) is 9.97 Å². The normalized spacial score (nSPS) is 12.6. The molecular formula is C14H21BrF3N3. The third kappa shape index (κ3) is 5.80. The molecule has 0 aromatic carbocycles. The van der Waals surface area contributed by atoms with Gasteiger partial charge in [0.1, 0.15) is 11.6 Å². The predicted molar refractivity (Wildman–Crippen MR) is 81.6 cm³/mol. The molecule has 21 heavy (non-hydrogen) atoms. The number of anilines is 1. The lowest BCUT2D eigenvalue weighted by Crippen LogP contribution is -2.19. The third-order valence-corrected chi connectivity index (χ3v) is 3.53. The van der Waals surface area contributed by atoms with Crippen molar-refractivity contribution in [2.45, 2.75) is 58.5 Å². The van der Waals surface area contributed by atoms with Gasteiger partial charge in [0.2, 0.25) is 0 Å². The molecule has 120 valence electrons. The van der Waals surface area contributed by atoms with Crippen molar-refractivity contribution in [3.63, 3.8) is 0 Å². The zero-order valence-electron chi connectivity index (χ0n) is 12.7. The van der Waals surface area contributed by atoms with Gasteiger partial charge in [0.15, 0.2) is 0 Å². The van der Waals surface area contributed by atoms with Gasteiger partial charge >= 0.3 is 6.18 Å². The van der Waals surface area contributed by atoms with Crippen molar-refractivity contribution in [3.05, 3.63) is 16.0 Å². The second-order valence-electron chi connectivity index (χ2n) is 5.94. The van der Waals surface area contributed by atoms with Gasteiger partial charge in [-0.15, -0.1) is 0 Å². The maximum absolute atomic E-state index is 12.4. The SMILES string of the molecule is CCCNc1nc(CCC(F)(F)F)nc(C(C)(C)C)c1Br.